The molecule has 1 aromatic carbocycles. The van der Waals surface area contributed by atoms with E-state index in [1.807, 2.05) is 13.8 Å². The number of carbonyl (C=O) groups is 2. The number of rotatable bonds is 8. The van der Waals surface area contributed by atoms with E-state index in [0.29, 0.717) is 16.8 Å². The van der Waals surface area contributed by atoms with Crippen LogP contribution in [0.4, 0.5) is 8.78 Å². The Kier molecular flexibility index (Phi) is 6.77. The largest absolute Gasteiger partial charge is 0.435 e. The molecular formula is C19H20F2N2O3. The summed E-state index contributed by atoms with van der Waals surface area (Å²) in [5.41, 5.74) is 1.54. The predicted molar refractivity (Wildman–Crippen MR) is 92.0 cm³/mol. The van der Waals surface area contributed by atoms with Crippen molar-refractivity contribution in [3.63, 3.8) is 0 Å². The molecule has 26 heavy (non-hydrogen) atoms. The Morgan fingerprint density at radius 2 is 1.96 bits per heavy atom. The number of halogens is 2. The number of hydrogen-bond donors (Lipinski definition) is 1. The highest BCUT2D eigenvalue weighted by molar-refractivity contribution is 5.94. The van der Waals surface area contributed by atoms with Gasteiger partial charge in [0.1, 0.15) is 11.5 Å². The molecule has 0 fully saturated rings. The maximum absolute atomic E-state index is 12.3. The van der Waals surface area contributed by atoms with Crippen LogP contribution in [0.5, 0.6) is 5.75 Å². The van der Waals surface area contributed by atoms with Gasteiger partial charge < -0.3 is 10.1 Å². The van der Waals surface area contributed by atoms with Crippen molar-refractivity contribution in [1.29, 1.82) is 0 Å². The van der Waals surface area contributed by atoms with Crippen LogP contribution in [-0.4, -0.2) is 23.3 Å². The first kappa shape index (κ1) is 19.5. The van der Waals surface area contributed by atoms with Crippen molar-refractivity contribution >= 4 is 11.7 Å². The Balaban J connectivity index is 1.99. The number of alkyl halides is 2. The van der Waals surface area contributed by atoms with Crippen LogP contribution in [0.15, 0.2) is 42.6 Å². The molecule has 2 rings (SSSR count). The number of ketones is 1. The summed E-state index contributed by atoms with van der Waals surface area (Å²) in [7, 11) is 0. The third-order valence-corrected chi connectivity index (χ3v) is 3.65. The number of Topliss-reactive ketones (excluding diaryl/α,β-unsaturated/α-hetero) is 1. The van der Waals surface area contributed by atoms with Gasteiger partial charge in [-0.05, 0) is 29.8 Å². The molecule has 0 aliphatic carbocycles. The Labute approximate surface area is 150 Å². The first-order chi connectivity index (χ1) is 12.3. The highest BCUT2D eigenvalue weighted by Gasteiger charge is 2.12. The van der Waals surface area contributed by atoms with Gasteiger partial charge in [0.25, 0.3) is 5.91 Å². The van der Waals surface area contributed by atoms with Gasteiger partial charge in [0.2, 0.25) is 0 Å². The van der Waals surface area contributed by atoms with E-state index in [9.17, 15) is 18.4 Å². The summed E-state index contributed by atoms with van der Waals surface area (Å²) in [4.78, 5) is 28.2. The fourth-order valence-electron chi connectivity index (χ4n) is 2.21. The van der Waals surface area contributed by atoms with Gasteiger partial charge in [0.15, 0.2) is 0 Å². The Hall–Kier alpha value is -2.83. The molecule has 0 aliphatic heterocycles. The molecule has 0 radical (unpaired) electrons. The molecule has 0 spiro atoms. The number of hydrogen-bond acceptors (Lipinski definition) is 4. The van der Waals surface area contributed by atoms with Gasteiger partial charge in [-0.25, -0.2) is 0 Å². The fourth-order valence-corrected chi connectivity index (χ4v) is 2.21. The van der Waals surface area contributed by atoms with E-state index in [0.717, 1.165) is 0 Å². The van der Waals surface area contributed by atoms with E-state index in [-0.39, 0.29) is 36.3 Å². The van der Waals surface area contributed by atoms with E-state index in [1.165, 1.54) is 18.3 Å². The summed E-state index contributed by atoms with van der Waals surface area (Å²) in [6.45, 7) is 0.876. The van der Waals surface area contributed by atoms with Crippen LogP contribution in [0.2, 0.25) is 0 Å². The summed E-state index contributed by atoms with van der Waals surface area (Å²) in [6.07, 6.45) is 1.65. The normalized spacial score (nSPS) is 10.8. The Bertz CT molecular complexity index is 779. The molecule has 0 saturated heterocycles. The molecule has 138 valence electrons. The van der Waals surface area contributed by atoms with Gasteiger partial charge in [-0.1, -0.05) is 26.0 Å². The van der Waals surface area contributed by atoms with Gasteiger partial charge in [0.05, 0.1) is 0 Å². The van der Waals surface area contributed by atoms with E-state index in [4.69, 9.17) is 0 Å². The number of benzene rings is 1. The number of nitrogens with one attached hydrogen (secondary N) is 1. The van der Waals surface area contributed by atoms with Gasteiger partial charge in [0, 0.05) is 36.3 Å². The van der Waals surface area contributed by atoms with Crippen LogP contribution in [0.1, 0.15) is 35.5 Å². The smallest absolute Gasteiger partial charge is 0.387 e. The third-order valence-electron chi connectivity index (χ3n) is 3.65. The molecule has 0 unspecified atom stereocenters. The van der Waals surface area contributed by atoms with Gasteiger partial charge in [-0.3, -0.25) is 14.6 Å². The lowest BCUT2D eigenvalue weighted by Gasteiger charge is -2.09. The van der Waals surface area contributed by atoms with Crippen molar-refractivity contribution in [3.05, 3.63) is 59.4 Å². The molecule has 0 saturated carbocycles. The Morgan fingerprint density at radius 1 is 1.19 bits per heavy atom. The maximum Gasteiger partial charge on any atom is 0.387 e. The average molecular weight is 362 g/mol. The molecule has 1 heterocycles. The first-order valence-electron chi connectivity index (χ1n) is 8.14. The summed E-state index contributed by atoms with van der Waals surface area (Å²) >= 11 is 0. The summed E-state index contributed by atoms with van der Waals surface area (Å²) in [5.74, 6) is -0.362. The summed E-state index contributed by atoms with van der Waals surface area (Å²) < 4.78 is 28.8. The third kappa shape index (κ3) is 5.91. The molecule has 1 amide bonds. The van der Waals surface area contributed by atoms with Crippen molar-refractivity contribution < 1.29 is 23.1 Å². The standard InChI is InChI=1S/C19H20F2N2O3/c1-12(2)17(24)10-15-9-14(6-7-22-15)18(25)23-11-13-4-3-5-16(8-13)26-19(20)21/h3-9,12,19H,10-11H2,1-2H3,(H,23,25). The number of ether oxygens (including phenoxy) is 1. The van der Waals surface area contributed by atoms with Crippen molar-refractivity contribution in [3.8, 4) is 5.75 Å². The number of nitrogens with zero attached hydrogens (tertiary/aromatic N) is 1. The number of aromatic nitrogens is 1. The highest BCUT2D eigenvalue weighted by Crippen LogP contribution is 2.16. The van der Waals surface area contributed by atoms with Crippen molar-refractivity contribution in [2.45, 2.75) is 33.4 Å². The average Bonchev–Trinajstić information content (AvgIpc) is 2.59. The van der Waals surface area contributed by atoms with Crippen LogP contribution in [-0.2, 0) is 17.8 Å². The molecule has 1 aromatic heterocycles. The zero-order chi connectivity index (χ0) is 19.1. The number of amides is 1. The van der Waals surface area contributed by atoms with E-state index >= 15 is 0 Å². The van der Waals surface area contributed by atoms with Crippen LogP contribution >= 0.6 is 0 Å². The molecule has 0 atom stereocenters. The Morgan fingerprint density at radius 3 is 2.65 bits per heavy atom. The summed E-state index contributed by atoms with van der Waals surface area (Å²) in [5, 5.41) is 2.70. The zero-order valence-corrected chi connectivity index (χ0v) is 14.5. The predicted octanol–water partition coefficient (Wildman–Crippen LogP) is 3.38. The fraction of sp³-hybridized carbons (Fsp3) is 0.316. The molecule has 2 aromatic rings. The minimum atomic E-state index is -2.90. The molecule has 0 bridgehead atoms. The molecular weight excluding hydrogens is 342 g/mol. The topological polar surface area (TPSA) is 68.3 Å². The maximum atomic E-state index is 12.3. The lowest BCUT2D eigenvalue weighted by atomic mass is 10.0. The van der Waals surface area contributed by atoms with Crippen molar-refractivity contribution in [1.82, 2.24) is 10.3 Å². The SMILES string of the molecule is CC(C)C(=O)Cc1cc(C(=O)NCc2cccc(OC(F)F)c2)ccn1. The molecule has 7 heteroatoms. The molecule has 5 nitrogen and oxygen atoms in total. The van der Waals surface area contributed by atoms with E-state index < -0.39 is 6.61 Å². The minimum Gasteiger partial charge on any atom is -0.435 e. The van der Waals surface area contributed by atoms with Gasteiger partial charge in [-0.15, -0.1) is 0 Å². The monoisotopic (exact) mass is 362 g/mol. The van der Waals surface area contributed by atoms with Crippen LogP contribution in [0.3, 0.4) is 0 Å². The minimum absolute atomic E-state index is 0.0325. The van der Waals surface area contributed by atoms with Gasteiger partial charge >= 0.3 is 6.61 Å². The molecule has 1 N–H and O–H groups in total. The van der Waals surface area contributed by atoms with E-state index in [1.54, 1.807) is 24.3 Å². The molecule has 0 aliphatic rings. The highest BCUT2D eigenvalue weighted by atomic mass is 19.3. The first-order valence-corrected chi connectivity index (χ1v) is 8.14. The second-order valence-corrected chi connectivity index (χ2v) is 6.04. The number of pyridine rings is 1. The zero-order valence-electron chi connectivity index (χ0n) is 14.5. The second kappa shape index (κ2) is 9.03. The van der Waals surface area contributed by atoms with Crippen molar-refractivity contribution in [2.24, 2.45) is 5.92 Å². The van der Waals surface area contributed by atoms with Crippen LogP contribution < -0.4 is 10.1 Å². The van der Waals surface area contributed by atoms with Crippen LogP contribution in [0, 0.1) is 5.92 Å². The van der Waals surface area contributed by atoms with Crippen LogP contribution in [0.25, 0.3) is 0 Å². The van der Waals surface area contributed by atoms with E-state index in [2.05, 4.69) is 15.0 Å². The van der Waals surface area contributed by atoms with Gasteiger partial charge in [-0.2, -0.15) is 8.78 Å². The lowest BCUT2D eigenvalue weighted by molar-refractivity contribution is -0.121. The second-order valence-electron chi connectivity index (χ2n) is 6.04. The summed E-state index contributed by atoms with van der Waals surface area (Å²) in [6, 6.07) is 9.24. The number of carbonyl (C=O) groups excluding carboxylic acids is 2. The lowest BCUT2D eigenvalue weighted by Crippen LogP contribution is -2.23. The van der Waals surface area contributed by atoms with Crippen molar-refractivity contribution in [2.75, 3.05) is 0 Å². The quantitative estimate of drug-likeness (QED) is 0.782.